The summed E-state index contributed by atoms with van der Waals surface area (Å²) in [6.45, 7) is 3.30. The van der Waals surface area contributed by atoms with Crippen molar-refractivity contribution in [1.29, 1.82) is 0 Å². The van der Waals surface area contributed by atoms with Crippen molar-refractivity contribution in [3.63, 3.8) is 0 Å². The fourth-order valence-corrected chi connectivity index (χ4v) is 1.76. The van der Waals surface area contributed by atoms with Crippen LogP contribution in [0.2, 0.25) is 0 Å². The first-order valence-corrected chi connectivity index (χ1v) is 5.06. The Hall–Kier alpha value is -1.62. The third kappa shape index (κ3) is 1.55. The summed E-state index contributed by atoms with van der Waals surface area (Å²) in [5.74, 6) is 1.77. The molecule has 0 amide bonds. The van der Waals surface area contributed by atoms with Crippen molar-refractivity contribution in [3.05, 3.63) is 18.5 Å². The fourth-order valence-electron chi connectivity index (χ4n) is 1.76. The molecule has 5 heteroatoms. The van der Waals surface area contributed by atoms with Gasteiger partial charge in [0.15, 0.2) is 0 Å². The fraction of sp³-hybridized carbons (Fsp3) is 0.400. The van der Waals surface area contributed by atoms with Gasteiger partial charge in [0.1, 0.15) is 5.82 Å². The Labute approximate surface area is 87.4 Å². The van der Waals surface area contributed by atoms with Crippen LogP contribution >= 0.6 is 0 Å². The molecular weight excluding hydrogens is 192 g/mol. The first-order chi connectivity index (χ1) is 7.43. The van der Waals surface area contributed by atoms with Gasteiger partial charge in [-0.2, -0.15) is 0 Å². The van der Waals surface area contributed by atoms with Gasteiger partial charge in [0.2, 0.25) is 5.95 Å². The number of aromatic nitrogens is 3. The average molecular weight is 204 g/mol. The molecule has 0 spiro atoms. The van der Waals surface area contributed by atoms with E-state index in [-0.39, 0.29) is 0 Å². The van der Waals surface area contributed by atoms with Gasteiger partial charge in [-0.1, -0.05) is 0 Å². The SMILES string of the molecule is c1cc2cnc(N3CCOCC3)[nH]c-2n1. The molecule has 0 saturated carbocycles. The van der Waals surface area contributed by atoms with Gasteiger partial charge in [0.05, 0.1) is 13.2 Å². The van der Waals surface area contributed by atoms with Gasteiger partial charge in [0.25, 0.3) is 0 Å². The number of rotatable bonds is 1. The topological polar surface area (TPSA) is 54.0 Å². The number of hydrogen-bond donors (Lipinski definition) is 1. The molecule has 0 aromatic carbocycles. The number of ether oxygens (including phenoxy) is 1. The van der Waals surface area contributed by atoms with E-state index in [0.29, 0.717) is 0 Å². The molecule has 5 nitrogen and oxygen atoms in total. The number of nitrogens with one attached hydrogen (secondary N) is 1. The van der Waals surface area contributed by atoms with Crippen molar-refractivity contribution >= 4 is 5.95 Å². The van der Waals surface area contributed by atoms with Crippen LogP contribution in [-0.4, -0.2) is 41.3 Å². The Morgan fingerprint density at radius 2 is 2.13 bits per heavy atom. The summed E-state index contributed by atoms with van der Waals surface area (Å²) in [4.78, 5) is 14.0. The van der Waals surface area contributed by atoms with Gasteiger partial charge in [-0.25, -0.2) is 9.97 Å². The summed E-state index contributed by atoms with van der Waals surface area (Å²) >= 11 is 0. The second kappa shape index (κ2) is 3.51. The number of anilines is 1. The highest BCUT2D eigenvalue weighted by molar-refractivity contribution is 5.57. The van der Waals surface area contributed by atoms with Crippen molar-refractivity contribution in [1.82, 2.24) is 15.0 Å². The predicted molar refractivity (Wildman–Crippen MR) is 56.0 cm³/mol. The number of nitrogens with zero attached hydrogens (tertiary/aromatic N) is 3. The summed E-state index contributed by atoms with van der Waals surface area (Å²) < 4.78 is 5.29. The molecule has 0 bridgehead atoms. The van der Waals surface area contributed by atoms with E-state index in [1.165, 1.54) is 0 Å². The maximum atomic E-state index is 5.29. The van der Waals surface area contributed by atoms with Gasteiger partial charge in [-0.05, 0) is 6.07 Å². The quantitative estimate of drug-likeness (QED) is 0.744. The number of morpholine rings is 1. The number of fused-ring (bicyclic) bond motifs is 1. The molecule has 0 atom stereocenters. The molecule has 0 aromatic heterocycles. The molecule has 3 aliphatic heterocycles. The first kappa shape index (κ1) is 8.67. The Bertz CT molecular complexity index is 421. The van der Waals surface area contributed by atoms with Crippen LogP contribution < -0.4 is 4.90 Å². The monoisotopic (exact) mass is 204 g/mol. The summed E-state index contributed by atoms with van der Waals surface area (Å²) in [6, 6.07) is 1.95. The molecule has 0 unspecified atom stereocenters. The van der Waals surface area contributed by atoms with Gasteiger partial charge in [0, 0.05) is 31.0 Å². The van der Waals surface area contributed by atoms with Crippen molar-refractivity contribution in [2.75, 3.05) is 31.2 Å². The third-order valence-corrected chi connectivity index (χ3v) is 2.60. The van der Waals surface area contributed by atoms with Gasteiger partial charge < -0.3 is 14.6 Å². The van der Waals surface area contributed by atoms with E-state index in [9.17, 15) is 0 Å². The van der Waals surface area contributed by atoms with Crippen LogP contribution in [0.5, 0.6) is 0 Å². The minimum Gasteiger partial charge on any atom is -0.378 e. The minimum absolute atomic E-state index is 0.766. The Kier molecular flexibility index (Phi) is 2.03. The van der Waals surface area contributed by atoms with E-state index in [4.69, 9.17) is 4.74 Å². The molecule has 1 fully saturated rings. The standard InChI is InChI=1S/C10H12N4O/c1-2-11-9-8(1)7-12-10(13-9)14-3-5-15-6-4-14/h1-2,7H,3-6H2,(H,11,12,13). The van der Waals surface area contributed by atoms with Crippen LogP contribution in [0.3, 0.4) is 0 Å². The van der Waals surface area contributed by atoms with Crippen LogP contribution in [0.25, 0.3) is 11.4 Å². The van der Waals surface area contributed by atoms with E-state index in [2.05, 4.69) is 19.9 Å². The largest absolute Gasteiger partial charge is 0.378 e. The summed E-state index contributed by atoms with van der Waals surface area (Å²) in [7, 11) is 0. The van der Waals surface area contributed by atoms with E-state index in [1.807, 2.05) is 12.3 Å². The van der Waals surface area contributed by atoms with Crippen LogP contribution in [0.1, 0.15) is 0 Å². The number of hydrogen-bond acceptors (Lipinski definition) is 4. The Balaban J connectivity index is 1.93. The molecule has 3 heterocycles. The zero-order chi connectivity index (χ0) is 10.1. The number of aromatic amines is 1. The second-order valence-electron chi connectivity index (χ2n) is 3.56. The summed E-state index contributed by atoms with van der Waals surface area (Å²) in [5, 5.41) is 0. The van der Waals surface area contributed by atoms with Gasteiger partial charge in [-0.3, -0.25) is 0 Å². The molecule has 78 valence electrons. The van der Waals surface area contributed by atoms with E-state index < -0.39 is 0 Å². The normalized spacial score (nSPS) is 17.2. The van der Waals surface area contributed by atoms with Crippen LogP contribution in [-0.2, 0) is 4.74 Å². The van der Waals surface area contributed by atoms with Crippen molar-refractivity contribution in [2.24, 2.45) is 0 Å². The maximum absolute atomic E-state index is 5.29. The predicted octanol–water partition coefficient (Wildman–Crippen LogP) is 0.746. The highest BCUT2D eigenvalue weighted by Gasteiger charge is 2.14. The molecular formula is C10H12N4O. The van der Waals surface area contributed by atoms with Crippen molar-refractivity contribution in [3.8, 4) is 11.4 Å². The third-order valence-electron chi connectivity index (χ3n) is 2.60. The highest BCUT2D eigenvalue weighted by Crippen LogP contribution is 2.19. The highest BCUT2D eigenvalue weighted by atomic mass is 16.5. The first-order valence-electron chi connectivity index (χ1n) is 5.06. The summed E-state index contributed by atoms with van der Waals surface area (Å²) in [6.07, 6.45) is 3.63. The lowest BCUT2D eigenvalue weighted by molar-refractivity contribution is 0.122. The Morgan fingerprint density at radius 1 is 1.27 bits per heavy atom. The second-order valence-corrected chi connectivity index (χ2v) is 3.56. The molecule has 1 saturated heterocycles. The molecule has 1 N–H and O–H groups in total. The molecule has 0 radical (unpaired) electrons. The van der Waals surface area contributed by atoms with Crippen LogP contribution in [0.4, 0.5) is 5.95 Å². The lowest BCUT2D eigenvalue weighted by atomic mass is 10.3. The van der Waals surface area contributed by atoms with Crippen LogP contribution in [0, 0.1) is 0 Å². The zero-order valence-electron chi connectivity index (χ0n) is 8.31. The molecule has 0 aromatic rings. The zero-order valence-corrected chi connectivity index (χ0v) is 8.31. The Morgan fingerprint density at radius 3 is 3.00 bits per heavy atom. The molecule has 15 heavy (non-hydrogen) atoms. The van der Waals surface area contributed by atoms with Crippen molar-refractivity contribution < 1.29 is 4.74 Å². The molecule has 3 rings (SSSR count). The summed E-state index contributed by atoms with van der Waals surface area (Å²) in [5.41, 5.74) is 1.05. The smallest absolute Gasteiger partial charge is 0.204 e. The van der Waals surface area contributed by atoms with E-state index in [1.54, 1.807) is 6.20 Å². The van der Waals surface area contributed by atoms with E-state index in [0.717, 1.165) is 43.6 Å². The lowest BCUT2D eigenvalue weighted by Gasteiger charge is -2.27. The lowest BCUT2D eigenvalue weighted by Crippen LogP contribution is -2.37. The van der Waals surface area contributed by atoms with Gasteiger partial charge in [-0.15, -0.1) is 0 Å². The average Bonchev–Trinajstić information content (AvgIpc) is 2.77. The van der Waals surface area contributed by atoms with Gasteiger partial charge >= 0.3 is 0 Å². The minimum atomic E-state index is 0.766. The maximum Gasteiger partial charge on any atom is 0.204 e. The number of H-pyrrole nitrogens is 1. The molecule has 3 aliphatic rings. The van der Waals surface area contributed by atoms with Crippen LogP contribution in [0.15, 0.2) is 18.5 Å². The van der Waals surface area contributed by atoms with E-state index >= 15 is 0 Å². The molecule has 0 aliphatic carbocycles. The van der Waals surface area contributed by atoms with Crippen molar-refractivity contribution in [2.45, 2.75) is 0 Å².